The van der Waals surface area contributed by atoms with Crippen molar-refractivity contribution in [2.75, 3.05) is 5.75 Å². The minimum atomic E-state index is -6.45. The first-order chi connectivity index (χ1) is 17.7. The third-order valence-corrected chi connectivity index (χ3v) is 8.03. The monoisotopic (exact) mass is 914 g/mol. The molecule has 0 saturated heterocycles. The summed E-state index contributed by atoms with van der Waals surface area (Å²) < 4.78 is 123. The van der Waals surface area contributed by atoms with Crippen LogP contribution >= 0.6 is 67.8 Å². The van der Waals surface area contributed by atoms with Crippen molar-refractivity contribution >= 4 is 101 Å². The number of esters is 2. The second kappa shape index (κ2) is 11.4. The van der Waals surface area contributed by atoms with Gasteiger partial charge in [-0.25, -0.2) is 9.59 Å². The molecule has 210 valence electrons. The number of hydrogen-bond donors (Lipinski definition) is 1. The Bertz CT molecular complexity index is 1540. The van der Waals surface area contributed by atoms with E-state index in [1.807, 2.05) is 45.2 Å². The highest BCUT2D eigenvalue weighted by Crippen LogP contribution is 2.47. The predicted octanol–water partition coefficient (Wildman–Crippen LogP) is 6.78. The number of alkyl halides is 6. The Morgan fingerprint density at radius 3 is 1.62 bits per heavy atom. The Labute approximate surface area is 256 Å². The topological polar surface area (TPSA) is 107 Å². The van der Waals surface area contributed by atoms with Crippen LogP contribution in [0.5, 0.6) is 5.75 Å². The molecule has 17 heteroatoms. The Hall–Kier alpha value is -1.46. The summed E-state index contributed by atoms with van der Waals surface area (Å²) >= 11 is 6.09. The fraction of sp³-hybridized carbons (Fsp3) is 0.182. The first-order valence-electron chi connectivity index (χ1n) is 9.96. The van der Waals surface area contributed by atoms with Gasteiger partial charge in [0.05, 0.1) is 18.3 Å². The van der Waals surface area contributed by atoms with Crippen molar-refractivity contribution in [3.8, 4) is 5.75 Å². The average molecular weight is 914 g/mol. The normalized spacial score (nSPS) is 12.9. The van der Waals surface area contributed by atoms with Crippen molar-refractivity contribution in [2.24, 2.45) is 0 Å². The lowest BCUT2D eigenvalue weighted by Gasteiger charge is -2.35. The molecule has 0 aliphatic rings. The quantitative estimate of drug-likeness (QED) is 0.0957. The molecule has 0 amide bonds. The van der Waals surface area contributed by atoms with Crippen molar-refractivity contribution in [1.29, 1.82) is 0 Å². The molecule has 0 aliphatic heterocycles. The molecule has 0 saturated carbocycles. The number of fused-ring (bicyclic) bond motifs is 1. The molecule has 3 rings (SSSR count). The number of benzene rings is 3. The summed E-state index contributed by atoms with van der Waals surface area (Å²) in [4.78, 5) is 25.1. The van der Waals surface area contributed by atoms with Crippen molar-refractivity contribution in [3.05, 3.63) is 70.4 Å². The predicted molar refractivity (Wildman–Crippen MR) is 150 cm³/mol. The largest absolute Gasteiger partial charge is 0.438 e. The molecule has 0 aliphatic carbocycles. The van der Waals surface area contributed by atoms with E-state index < -0.39 is 51.3 Å². The fourth-order valence-corrected chi connectivity index (χ4v) is 7.92. The Morgan fingerprint density at radius 2 is 1.21 bits per heavy atom. The Kier molecular flexibility index (Phi) is 9.40. The van der Waals surface area contributed by atoms with Crippen LogP contribution in [-0.2, 0) is 14.9 Å². The summed E-state index contributed by atoms with van der Waals surface area (Å²) in [7, 11) is -5.92. The molecule has 0 atom stereocenters. The van der Waals surface area contributed by atoms with E-state index in [4.69, 9.17) is 9.29 Å². The first-order valence-corrected chi connectivity index (χ1v) is 14.8. The van der Waals surface area contributed by atoms with Gasteiger partial charge in [-0.3, -0.25) is 4.55 Å². The van der Waals surface area contributed by atoms with E-state index in [1.165, 1.54) is 18.2 Å². The number of ether oxygens (including phenoxy) is 2. The second-order valence-electron chi connectivity index (χ2n) is 7.80. The third kappa shape index (κ3) is 7.25. The van der Waals surface area contributed by atoms with Crippen LogP contribution < -0.4 is 4.74 Å². The zero-order valence-corrected chi connectivity index (χ0v) is 25.8. The minimum absolute atomic E-state index is 0.0595. The van der Waals surface area contributed by atoms with E-state index in [1.54, 1.807) is 12.1 Å². The highest BCUT2D eigenvalue weighted by molar-refractivity contribution is 14.1. The number of hydrogen-bond acceptors (Lipinski definition) is 6. The van der Waals surface area contributed by atoms with Gasteiger partial charge in [0, 0.05) is 3.57 Å². The summed E-state index contributed by atoms with van der Waals surface area (Å²) in [5, 5.41) is 0.391. The molecule has 0 bridgehead atoms. The molecular weight excluding hydrogens is 903 g/mol. The van der Waals surface area contributed by atoms with Gasteiger partial charge in [0.1, 0.15) is 5.75 Å². The lowest BCUT2D eigenvalue weighted by molar-refractivity contribution is -0.356. The van der Waals surface area contributed by atoms with Crippen LogP contribution in [-0.4, -0.2) is 48.6 Å². The molecule has 0 spiro atoms. The van der Waals surface area contributed by atoms with Gasteiger partial charge in [-0.2, -0.15) is 34.8 Å². The zero-order chi connectivity index (χ0) is 29.6. The summed E-state index contributed by atoms with van der Waals surface area (Å²) in [6, 6.07) is 10.3. The third-order valence-electron chi connectivity index (χ3n) is 5.04. The van der Waals surface area contributed by atoms with Crippen molar-refractivity contribution < 1.29 is 58.4 Å². The van der Waals surface area contributed by atoms with Crippen LogP contribution in [0.3, 0.4) is 0 Å². The summed E-state index contributed by atoms with van der Waals surface area (Å²) in [6.07, 6.45) is -12.9. The van der Waals surface area contributed by atoms with Crippen LogP contribution in [0.25, 0.3) is 10.8 Å². The van der Waals surface area contributed by atoms with Crippen LogP contribution in [0.2, 0.25) is 0 Å². The SMILES string of the molecule is O=C(Oc1c(I)cc(I)cc1I)c1ccc2cc(C(=O)OC(CS(=O)(=O)O)(C(F)(F)F)C(F)(F)F)ccc2c1. The molecule has 3 aromatic rings. The van der Waals surface area contributed by atoms with Crippen LogP contribution in [0, 0.1) is 10.7 Å². The standard InChI is InChI=1S/C22H11F6I3O7S/c23-21(24,25)20(22(26,27)28,9-39(34,35)36)38-19(33)13-4-2-10-5-12(3-1-11(10)6-13)18(32)37-17-15(30)7-14(29)8-16(17)31/h1-8H,9H2,(H,34,35,36). The average Bonchev–Trinajstić information content (AvgIpc) is 2.77. The first kappa shape index (κ1) is 32.1. The fourth-order valence-electron chi connectivity index (χ4n) is 3.22. The van der Waals surface area contributed by atoms with Crippen molar-refractivity contribution in [2.45, 2.75) is 18.0 Å². The maximum atomic E-state index is 13.5. The van der Waals surface area contributed by atoms with Gasteiger partial charge in [0.15, 0.2) is 5.75 Å². The second-order valence-corrected chi connectivity index (χ2v) is 12.8. The molecule has 0 unspecified atom stereocenters. The van der Waals surface area contributed by atoms with Gasteiger partial charge in [-0.15, -0.1) is 0 Å². The van der Waals surface area contributed by atoms with Gasteiger partial charge in [-0.05, 0) is 115 Å². The molecule has 39 heavy (non-hydrogen) atoms. The lowest BCUT2D eigenvalue weighted by Crippen LogP contribution is -2.63. The summed E-state index contributed by atoms with van der Waals surface area (Å²) in [5.41, 5.74) is -6.25. The number of carbonyl (C=O) groups excluding carboxylic acids is 2. The Morgan fingerprint density at radius 1 is 0.769 bits per heavy atom. The maximum Gasteiger partial charge on any atom is 0.438 e. The Balaban J connectivity index is 1.93. The highest BCUT2D eigenvalue weighted by atomic mass is 127. The van der Waals surface area contributed by atoms with Crippen molar-refractivity contribution in [1.82, 2.24) is 0 Å². The van der Waals surface area contributed by atoms with E-state index in [-0.39, 0.29) is 16.3 Å². The van der Waals surface area contributed by atoms with Crippen LogP contribution in [0.15, 0.2) is 48.5 Å². The molecular formula is C22H11F6I3O7S. The van der Waals surface area contributed by atoms with E-state index in [0.717, 1.165) is 21.8 Å². The molecule has 0 fully saturated rings. The summed E-state index contributed by atoms with van der Waals surface area (Å²) in [6.45, 7) is 0. The van der Waals surface area contributed by atoms with Gasteiger partial charge < -0.3 is 9.47 Å². The van der Waals surface area contributed by atoms with E-state index in [2.05, 4.69) is 27.3 Å². The van der Waals surface area contributed by atoms with Crippen LogP contribution in [0.4, 0.5) is 26.3 Å². The number of rotatable bonds is 6. The summed E-state index contributed by atoms with van der Waals surface area (Å²) in [5.74, 6) is -5.57. The molecule has 1 N–H and O–H groups in total. The minimum Gasteiger partial charge on any atom is -0.435 e. The van der Waals surface area contributed by atoms with E-state index >= 15 is 0 Å². The number of carbonyl (C=O) groups is 2. The zero-order valence-electron chi connectivity index (χ0n) is 18.5. The van der Waals surface area contributed by atoms with Gasteiger partial charge >= 0.3 is 29.9 Å². The van der Waals surface area contributed by atoms with Gasteiger partial charge in [0.25, 0.3) is 10.1 Å². The molecule has 0 aromatic heterocycles. The smallest absolute Gasteiger partial charge is 0.435 e. The molecule has 3 aromatic carbocycles. The highest BCUT2D eigenvalue weighted by Gasteiger charge is 2.76. The lowest BCUT2D eigenvalue weighted by atomic mass is 10.0. The van der Waals surface area contributed by atoms with Crippen LogP contribution in [0.1, 0.15) is 20.7 Å². The van der Waals surface area contributed by atoms with Crippen molar-refractivity contribution in [3.63, 3.8) is 0 Å². The molecule has 0 heterocycles. The molecule has 0 radical (unpaired) electrons. The van der Waals surface area contributed by atoms with Gasteiger partial charge in [-0.1, -0.05) is 12.1 Å². The van der Waals surface area contributed by atoms with Gasteiger partial charge in [0.2, 0.25) is 0 Å². The number of halogens is 9. The van der Waals surface area contributed by atoms with E-state index in [9.17, 15) is 44.3 Å². The van der Waals surface area contributed by atoms with E-state index in [0.29, 0.717) is 12.9 Å². The molecule has 7 nitrogen and oxygen atoms in total. The maximum absolute atomic E-state index is 13.5.